The van der Waals surface area contributed by atoms with E-state index >= 15 is 0 Å². The Morgan fingerprint density at radius 2 is 1.71 bits per heavy atom. The maximum Gasteiger partial charge on any atom is 0.416 e. The molecule has 0 bridgehead atoms. The summed E-state index contributed by atoms with van der Waals surface area (Å²) in [4.78, 5) is 2.33. The van der Waals surface area contributed by atoms with Crippen LogP contribution in [-0.2, 0) is 25.7 Å². The molecule has 0 fully saturated rings. The molecule has 0 spiro atoms. The Morgan fingerprint density at radius 1 is 0.968 bits per heavy atom. The van der Waals surface area contributed by atoms with E-state index < -0.39 is 11.7 Å². The molecular weight excluding hydrogens is 397 g/mol. The van der Waals surface area contributed by atoms with Crippen molar-refractivity contribution in [2.45, 2.75) is 25.7 Å². The molecule has 0 radical (unpaired) electrons. The molecule has 1 heterocycles. The summed E-state index contributed by atoms with van der Waals surface area (Å²) >= 11 is 0. The summed E-state index contributed by atoms with van der Waals surface area (Å²) in [5.74, 6) is 0. The standard InChI is InChI=1S/C26H25F3N2/c1-2-13-31-14-12-24-22(18-31)15-21(20-8-10-23(11-9-20)26(27,28)29)16-25(24)30-17-19-6-4-3-5-7-19/h2-11,15-16,30H,1,12-14,17-18H2. The highest BCUT2D eigenvalue weighted by atomic mass is 19.4. The highest BCUT2D eigenvalue weighted by molar-refractivity contribution is 5.72. The van der Waals surface area contributed by atoms with E-state index in [1.807, 2.05) is 24.3 Å². The van der Waals surface area contributed by atoms with Gasteiger partial charge in [-0.1, -0.05) is 48.5 Å². The van der Waals surface area contributed by atoms with Crippen molar-refractivity contribution in [3.8, 4) is 11.1 Å². The first-order valence-electron chi connectivity index (χ1n) is 10.4. The van der Waals surface area contributed by atoms with Gasteiger partial charge in [-0.2, -0.15) is 13.2 Å². The van der Waals surface area contributed by atoms with Crippen LogP contribution in [0.3, 0.4) is 0 Å². The summed E-state index contributed by atoms with van der Waals surface area (Å²) < 4.78 is 38.9. The molecular formula is C26H25F3N2. The van der Waals surface area contributed by atoms with E-state index in [2.05, 4.69) is 41.1 Å². The number of nitrogens with zero attached hydrogens (tertiary/aromatic N) is 1. The number of fused-ring (bicyclic) bond motifs is 1. The third-order valence-corrected chi connectivity index (χ3v) is 5.67. The molecule has 3 aromatic rings. The molecule has 2 nitrogen and oxygen atoms in total. The first-order valence-corrected chi connectivity index (χ1v) is 10.4. The summed E-state index contributed by atoms with van der Waals surface area (Å²) in [6, 6.07) is 19.7. The average Bonchev–Trinajstić information content (AvgIpc) is 2.77. The Balaban J connectivity index is 1.68. The van der Waals surface area contributed by atoms with Gasteiger partial charge in [0.25, 0.3) is 0 Å². The van der Waals surface area contributed by atoms with E-state index in [1.165, 1.54) is 16.7 Å². The summed E-state index contributed by atoms with van der Waals surface area (Å²) in [5, 5.41) is 3.56. The van der Waals surface area contributed by atoms with Crippen LogP contribution in [0.4, 0.5) is 18.9 Å². The van der Waals surface area contributed by atoms with Gasteiger partial charge in [0.2, 0.25) is 0 Å². The molecule has 31 heavy (non-hydrogen) atoms. The van der Waals surface area contributed by atoms with E-state index in [0.29, 0.717) is 6.54 Å². The zero-order chi connectivity index (χ0) is 21.8. The molecule has 4 rings (SSSR count). The molecule has 0 aliphatic carbocycles. The van der Waals surface area contributed by atoms with E-state index in [-0.39, 0.29) is 0 Å². The third kappa shape index (κ3) is 5.00. The quantitative estimate of drug-likeness (QED) is 0.455. The monoisotopic (exact) mass is 422 g/mol. The lowest BCUT2D eigenvalue weighted by molar-refractivity contribution is -0.137. The molecule has 1 aliphatic heterocycles. The minimum absolute atomic E-state index is 0.631. The van der Waals surface area contributed by atoms with Crippen molar-refractivity contribution >= 4 is 5.69 Å². The van der Waals surface area contributed by atoms with Gasteiger partial charge in [0.05, 0.1) is 5.56 Å². The van der Waals surface area contributed by atoms with Crippen LogP contribution >= 0.6 is 0 Å². The number of nitrogens with one attached hydrogen (secondary N) is 1. The second-order valence-corrected chi connectivity index (χ2v) is 7.85. The molecule has 1 N–H and O–H groups in total. The number of anilines is 1. The zero-order valence-electron chi connectivity index (χ0n) is 17.3. The smallest absolute Gasteiger partial charge is 0.381 e. The van der Waals surface area contributed by atoms with Crippen molar-refractivity contribution in [3.63, 3.8) is 0 Å². The van der Waals surface area contributed by atoms with Crippen molar-refractivity contribution in [2.24, 2.45) is 0 Å². The average molecular weight is 422 g/mol. The van der Waals surface area contributed by atoms with Gasteiger partial charge in [0.15, 0.2) is 0 Å². The molecule has 0 saturated carbocycles. The Bertz CT molecular complexity index is 1040. The number of rotatable bonds is 6. The molecule has 0 saturated heterocycles. The lowest BCUT2D eigenvalue weighted by Crippen LogP contribution is -2.31. The van der Waals surface area contributed by atoms with E-state index in [9.17, 15) is 13.2 Å². The highest BCUT2D eigenvalue weighted by Crippen LogP contribution is 2.35. The van der Waals surface area contributed by atoms with Crippen LogP contribution in [0.15, 0.2) is 79.4 Å². The fraction of sp³-hybridized carbons (Fsp3) is 0.231. The Labute approximate surface area is 181 Å². The Kier molecular flexibility index (Phi) is 6.14. The molecule has 0 unspecified atom stereocenters. The largest absolute Gasteiger partial charge is 0.416 e. The van der Waals surface area contributed by atoms with Gasteiger partial charge in [-0.25, -0.2) is 0 Å². The van der Waals surface area contributed by atoms with Gasteiger partial charge >= 0.3 is 6.18 Å². The summed E-state index contributed by atoms with van der Waals surface area (Å²) in [7, 11) is 0. The second-order valence-electron chi connectivity index (χ2n) is 7.85. The van der Waals surface area contributed by atoms with Crippen LogP contribution in [0.5, 0.6) is 0 Å². The highest BCUT2D eigenvalue weighted by Gasteiger charge is 2.30. The number of hydrogen-bond donors (Lipinski definition) is 1. The fourth-order valence-corrected chi connectivity index (χ4v) is 4.07. The van der Waals surface area contributed by atoms with E-state index in [4.69, 9.17) is 0 Å². The molecule has 0 amide bonds. The molecule has 0 atom stereocenters. The van der Waals surface area contributed by atoms with E-state index in [0.717, 1.165) is 55.0 Å². The molecule has 3 aromatic carbocycles. The Morgan fingerprint density at radius 3 is 2.39 bits per heavy atom. The minimum atomic E-state index is -4.33. The first-order chi connectivity index (χ1) is 14.9. The van der Waals surface area contributed by atoms with Gasteiger partial charge < -0.3 is 5.32 Å². The van der Waals surface area contributed by atoms with Crippen molar-refractivity contribution in [1.29, 1.82) is 0 Å². The van der Waals surface area contributed by atoms with Crippen molar-refractivity contribution in [3.05, 3.63) is 102 Å². The van der Waals surface area contributed by atoms with Gasteiger partial charge in [0.1, 0.15) is 0 Å². The van der Waals surface area contributed by atoms with Crippen LogP contribution in [0.25, 0.3) is 11.1 Å². The SMILES string of the molecule is C=CCN1CCc2c(cc(-c3ccc(C(F)(F)F)cc3)cc2NCc2ccccc2)C1. The van der Waals surface area contributed by atoms with Gasteiger partial charge in [0, 0.05) is 31.9 Å². The normalized spacial score (nSPS) is 14.2. The van der Waals surface area contributed by atoms with Crippen LogP contribution in [0, 0.1) is 0 Å². The fourth-order valence-electron chi connectivity index (χ4n) is 4.07. The summed E-state index contributed by atoms with van der Waals surface area (Å²) in [5.41, 5.74) is 5.79. The topological polar surface area (TPSA) is 15.3 Å². The predicted octanol–water partition coefficient (Wildman–Crippen LogP) is 6.53. The number of alkyl halides is 3. The van der Waals surface area contributed by atoms with Gasteiger partial charge in [-0.05, 0) is 58.5 Å². The molecule has 5 heteroatoms. The number of benzene rings is 3. The molecule has 160 valence electrons. The van der Waals surface area contributed by atoms with Gasteiger partial charge in [-0.15, -0.1) is 6.58 Å². The number of hydrogen-bond acceptors (Lipinski definition) is 2. The van der Waals surface area contributed by atoms with Crippen LogP contribution in [0.1, 0.15) is 22.3 Å². The maximum absolute atomic E-state index is 13.0. The zero-order valence-corrected chi connectivity index (χ0v) is 17.3. The predicted molar refractivity (Wildman–Crippen MR) is 120 cm³/mol. The van der Waals surface area contributed by atoms with Gasteiger partial charge in [-0.3, -0.25) is 4.90 Å². The van der Waals surface area contributed by atoms with Crippen molar-refractivity contribution < 1.29 is 13.2 Å². The van der Waals surface area contributed by atoms with E-state index in [1.54, 1.807) is 12.1 Å². The minimum Gasteiger partial charge on any atom is -0.381 e. The molecule has 1 aliphatic rings. The van der Waals surface area contributed by atoms with Crippen LogP contribution in [0.2, 0.25) is 0 Å². The van der Waals surface area contributed by atoms with Crippen molar-refractivity contribution in [2.75, 3.05) is 18.4 Å². The lowest BCUT2D eigenvalue weighted by Gasteiger charge is -2.30. The number of halogens is 3. The van der Waals surface area contributed by atoms with Crippen LogP contribution < -0.4 is 5.32 Å². The summed E-state index contributed by atoms with van der Waals surface area (Å²) in [6.45, 7) is 7.11. The third-order valence-electron chi connectivity index (χ3n) is 5.67. The summed E-state index contributed by atoms with van der Waals surface area (Å²) in [6.07, 6.45) is -1.51. The lowest BCUT2D eigenvalue weighted by atomic mass is 9.92. The Hall–Kier alpha value is -3.05. The second kappa shape index (κ2) is 8.98. The maximum atomic E-state index is 13.0. The van der Waals surface area contributed by atoms with Crippen molar-refractivity contribution in [1.82, 2.24) is 4.90 Å². The molecule has 0 aromatic heterocycles. The first kappa shape index (κ1) is 21.2. The van der Waals surface area contributed by atoms with Crippen LogP contribution in [-0.4, -0.2) is 18.0 Å².